The van der Waals surface area contributed by atoms with E-state index in [9.17, 15) is 22.8 Å². The van der Waals surface area contributed by atoms with Crippen LogP contribution in [0.5, 0.6) is 0 Å². The number of amides is 2. The molecule has 0 spiro atoms. The predicted octanol–water partition coefficient (Wildman–Crippen LogP) is 6.90. The van der Waals surface area contributed by atoms with Gasteiger partial charge in [0.05, 0.1) is 41.3 Å². The molecule has 8 nitrogen and oxygen atoms in total. The molecule has 44 heavy (non-hydrogen) atoms. The average Bonchev–Trinajstić information content (AvgIpc) is 2.94. The number of hydrogen-bond acceptors (Lipinski definition) is 6. The van der Waals surface area contributed by atoms with Crippen LogP contribution in [0.2, 0.25) is 0 Å². The van der Waals surface area contributed by atoms with Crippen LogP contribution < -0.4 is 15.5 Å². The molecule has 0 radical (unpaired) electrons. The third-order valence-electron chi connectivity index (χ3n) is 7.10. The van der Waals surface area contributed by atoms with Crippen molar-refractivity contribution >= 4 is 17.7 Å². The smallest absolute Gasteiger partial charge is 0.416 e. The summed E-state index contributed by atoms with van der Waals surface area (Å²) in [6.07, 6.45) is -1.83. The van der Waals surface area contributed by atoms with Crippen LogP contribution in [0, 0.1) is 0 Å². The van der Waals surface area contributed by atoms with Gasteiger partial charge >= 0.3 is 12.3 Å². The Morgan fingerprint density at radius 3 is 2.30 bits per heavy atom. The van der Waals surface area contributed by atoms with E-state index in [0.29, 0.717) is 35.3 Å². The summed E-state index contributed by atoms with van der Waals surface area (Å²) in [5.74, 6) is -0.293. The van der Waals surface area contributed by atoms with Gasteiger partial charge in [-0.2, -0.15) is 13.2 Å². The second-order valence-corrected chi connectivity index (χ2v) is 12.1. The number of aromatic nitrogens is 1. The first-order valence-corrected chi connectivity index (χ1v) is 14.5. The van der Waals surface area contributed by atoms with E-state index >= 15 is 0 Å². The average molecular weight is 613 g/mol. The molecule has 2 aromatic carbocycles. The monoisotopic (exact) mass is 612 g/mol. The molecule has 0 aliphatic carbocycles. The van der Waals surface area contributed by atoms with Crippen molar-refractivity contribution in [3.63, 3.8) is 0 Å². The van der Waals surface area contributed by atoms with Crippen LogP contribution >= 0.6 is 0 Å². The van der Waals surface area contributed by atoms with Gasteiger partial charge in [-0.3, -0.25) is 9.78 Å². The zero-order valence-corrected chi connectivity index (χ0v) is 25.8. The molecule has 3 aromatic rings. The minimum atomic E-state index is -4.53. The van der Waals surface area contributed by atoms with Gasteiger partial charge in [0.15, 0.2) is 0 Å². The van der Waals surface area contributed by atoms with E-state index in [1.165, 1.54) is 12.3 Å². The molecule has 11 heteroatoms. The first-order chi connectivity index (χ1) is 20.6. The van der Waals surface area contributed by atoms with Crippen LogP contribution in [0.3, 0.4) is 0 Å². The standard InChI is InChI=1S/C33H39F3N4O4/c1-20-18-40(19-21(2)43-20)28-13-26(15-37-17-28)30(41)39-22(3)23-7-9-24(10-8-23)29-14-27(33(34,35)36)12-11-25(29)16-38-31(42)44-32(4,5)6/h7-15,17,20-22H,16,18-19H2,1-6H3,(H,38,42)(H,39,41)/t20-,21-,22-/m0/s1. The number of alkyl halides is 3. The van der Waals surface area contributed by atoms with Gasteiger partial charge < -0.3 is 25.0 Å². The number of hydrogen-bond donors (Lipinski definition) is 2. The molecule has 3 atom stereocenters. The fraction of sp³-hybridized carbons (Fsp3) is 0.424. The zero-order valence-electron chi connectivity index (χ0n) is 25.8. The van der Waals surface area contributed by atoms with Gasteiger partial charge in [0.2, 0.25) is 0 Å². The van der Waals surface area contributed by atoms with Gasteiger partial charge in [-0.25, -0.2) is 4.79 Å². The summed E-state index contributed by atoms with van der Waals surface area (Å²) in [6, 6.07) is 11.8. The van der Waals surface area contributed by atoms with Crippen molar-refractivity contribution in [2.45, 2.75) is 78.1 Å². The summed E-state index contributed by atoms with van der Waals surface area (Å²) in [6.45, 7) is 12.4. The highest BCUT2D eigenvalue weighted by atomic mass is 19.4. The molecule has 0 saturated carbocycles. The lowest BCUT2D eigenvalue weighted by Crippen LogP contribution is -2.45. The van der Waals surface area contributed by atoms with E-state index in [0.717, 1.165) is 23.4 Å². The number of benzene rings is 2. The Labute approximate surface area is 256 Å². The maximum Gasteiger partial charge on any atom is 0.416 e. The van der Waals surface area contributed by atoms with Crippen molar-refractivity contribution < 1.29 is 32.2 Å². The van der Waals surface area contributed by atoms with Crippen LogP contribution in [-0.2, 0) is 22.2 Å². The molecule has 2 N–H and O–H groups in total. The van der Waals surface area contributed by atoms with Crippen LogP contribution in [0.1, 0.15) is 74.6 Å². The van der Waals surface area contributed by atoms with Crippen LogP contribution in [0.25, 0.3) is 11.1 Å². The minimum absolute atomic E-state index is 0.0219. The van der Waals surface area contributed by atoms with E-state index in [2.05, 4.69) is 20.5 Å². The molecular formula is C33H39F3N4O4. The third kappa shape index (κ3) is 8.72. The summed E-state index contributed by atoms with van der Waals surface area (Å²) < 4.78 is 51.8. The zero-order chi connectivity index (χ0) is 32.2. The molecule has 1 aliphatic rings. The number of rotatable bonds is 7. The molecule has 1 aliphatic heterocycles. The van der Waals surface area contributed by atoms with Gasteiger partial charge in [-0.1, -0.05) is 30.3 Å². The van der Waals surface area contributed by atoms with E-state index < -0.39 is 29.5 Å². The highest BCUT2D eigenvalue weighted by Crippen LogP contribution is 2.34. The van der Waals surface area contributed by atoms with Crippen molar-refractivity contribution in [1.29, 1.82) is 0 Å². The Bertz CT molecular complexity index is 1460. The molecule has 4 rings (SSSR count). The van der Waals surface area contributed by atoms with E-state index in [1.54, 1.807) is 51.2 Å². The summed E-state index contributed by atoms with van der Waals surface area (Å²) in [5.41, 5.74) is 1.87. The lowest BCUT2D eigenvalue weighted by atomic mass is 9.95. The third-order valence-corrected chi connectivity index (χ3v) is 7.10. The van der Waals surface area contributed by atoms with Gasteiger partial charge in [0, 0.05) is 25.8 Å². The molecule has 1 aromatic heterocycles. The molecular weight excluding hydrogens is 573 g/mol. The molecule has 2 heterocycles. The quantitative estimate of drug-likeness (QED) is 0.302. The van der Waals surface area contributed by atoms with E-state index in [1.807, 2.05) is 26.8 Å². The Morgan fingerprint density at radius 2 is 1.68 bits per heavy atom. The molecule has 0 unspecified atom stereocenters. The number of carbonyl (C=O) groups excluding carboxylic acids is 2. The van der Waals surface area contributed by atoms with Crippen LogP contribution in [0.4, 0.5) is 23.7 Å². The van der Waals surface area contributed by atoms with Crippen molar-refractivity contribution in [3.8, 4) is 11.1 Å². The number of carbonyl (C=O) groups is 2. The topological polar surface area (TPSA) is 92.8 Å². The maximum absolute atomic E-state index is 13.6. The molecule has 1 saturated heterocycles. The fourth-order valence-corrected chi connectivity index (χ4v) is 5.09. The van der Waals surface area contributed by atoms with Gasteiger partial charge in [-0.05, 0) is 82.0 Å². The van der Waals surface area contributed by atoms with Crippen molar-refractivity contribution in [2.75, 3.05) is 18.0 Å². The number of pyridine rings is 1. The second kappa shape index (κ2) is 13.3. The lowest BCUT2D eigenvalue weighted by molar-refractivity contribution is -0.137. The highest BCUT2D eigenvalue weighted by molar-refractivity contribution is 5.95. The minimum Gasteiger partial charge on any atom is -0.444 e. The fourth-order valence-electron chi connectivity index (χ4n) is 5.09. The number of halogens is 3. The first-order valence-electron chi connectivity index (χ1n) is 14.5. The predicted molar refractivity (Wildman–Crippen MR) is 162 cm³/mol. The molecule has 1 fully saturated rings. The Balaban J connectivity index is 1.49. The van der Waals surface area contributed by atoms with Gasteiger partial charge in [-0.15, -0.1) is 0 Å². The number of morpholine rings is 1. The first kappa shape index (κ1) is 32.8. The van der Waals surface area contributed by atoms with Gasteiger partial charge in [0.25, 0.3) is 5.91 Å². The number of anilines is 1. The largest absolute Gasteiger partial charge is 0.444 e. The SMILES string of the molecule is C[C@H](NC(=O)c1cncc(N2C[C@H](C)O[C@@H](C)C2)c1)c1ccc(-c2cc(C(F)(F)F)ccc2CNC(=O)OC(C)(C)C)cc1. The van der Waals surface area contributed by atoms with Gasteiger partial charge in [0.1, 0.15) is 5.60 Å². The number of nitrogens with one attached hydrogen (secondary N) is 2. The molecule has 2 amide bonds. The Kier molecular flexibility index (Phi) is 9.88. The number of alkyl carbamates (subject to hydrolysis) is 1. The van der Waals surface area contributed by atoms with Crippen molar-refractivity contribution in [3.05, 3.63) is 83.2 Å². The highest BCUT2D eigenvalue weighted by Gasteiger charge is 2.31. The second-order valence-electron chi connectivity index (χ2n) is 12.1. The number of ether oxygens (including phenoxy) is 2. The Hall–Kier alpha value is -4.12. The Morgan fingerprint density at radius 1 is 1.02 bits per heavy atom. The van der Waals surface area contributed by atoms with Crippen molar-refractivity contribution in [2.24, 2.45) is 0 Å². The molecule has 236 valence electrons. The van der Waals surface area contributed by atoms with E-state index in [4.69, 9.17) is 9.47 Å². The van der Waals surface area contributed by atoms with Crippen LogP contribution in [-0.4, -0.2) is 47.9 Å². The lowest BCUT2D eigenvalue weighted by Gasteiger charge is -2.36. The maximum atomic E-state index is 13.6. The summed E-state index contributed by atoms with van der Waals surface area (Å²) in [7, 11) is 0. The van der Waals surface area contributed by atoms with E-state index in [-0.39, 0.29) is 24.7 Å². The normalized spacial score (nSPS) is 18.0. The summed E-state index contributed by atoms with van der Waals surface area (Å²) in [5, 5.41) is 5.59. The summed E-state index contributed by atoms with van der Waals surface area (Å²) in [4.78, 5) is 31.7. The summed E-state index contributed by atoms with van der Waals surface area (Å²) >= 11 is 0. The molecule has 0 bridgehead atoms. The van der Waals surface area contributed by atoms with Crippen LogP contribution in [0.15, 0.2) is 60.9 Å². The van der Waals surface area contributed by atoms with Crippen molar-refractivity contribution in [1.82, 2.24) is 15.6 Å². The number of nitrogens with zero attached hydrogens (tertiary/aromatic N) is 2.